The molecule has 0 aromatic rings. The van der Waals surface area contributed by atoms with Crippen LogP contribution in [-0.2, 0) is 28.5 Å². The zero-order chi connectivity index (χ0) is 18.1. The summed E-state index contributed by atoms with van der Waals surface area (Å²) in [6, 6.07) is 0. The molecule has 0 spiro atoms. The first-order valence-corrected chi connectivity index (χ1v) is 8.28. The second-order valence-electron chi connectivity index (χ2n) is 5.69. The molecule has 0 rings (SSSR count). The molecule has 0 fully saturated rings. The second kappa shape index (κ2) is 15.7. The van der Waals surface area contributed by atoms with E-state index < -0.39 is 5.60 Å². The molecule has 0 saturated carbocycles. The molecule has 0 bridgehead atoms. The highest BCUT2D eigenvalue weighted by molar-refractivity contribution is 5.72. The maximum atomic E-state index is 10.9. The molecule has 1 amide bonds. The van der Waals surface area contributed by atoms with Gasteiger partial charge in [-0.05, 0) is 13.8 Å². The molecule has 0 aliphatic carbocycles. The molecular formula is C16H33NO7. The zero-order valence-corrected chi connectivity index (χ0v) is 15.2. The van der Waals surface area contributed by atoms with Crippen LogP contribution < -0.4 is 5.32 Å². The van der Waals surface area contributed by atoms with Crippen LogP contribution in [0.15, 0.2) is 0 Å². The maximum Gasteiger partial charge on any atom is 0.216 e. The predicted molar refractivity (Wildman–Crippen MR) is 89.1 cm³/mol. The summed E-state index contributed by atoms with van der Waals surface area (Å²) in [5.74, 6) is -0.0678. The van der Waals surface area contributed by atoms with Gasteiger partial charge in [-0.25, -0.2) is 0 Å². The van der Waals surface area contributed by atoms with Crippen molar-refractivity contribution in [3.63, 3.8) is 0 Å². The minimum atomic E-state index is -0.413. The van der Waals surface area contributed by atoms with Crippen molar-refractivity contribution in [2.45, 2.75) is 26.4 Å². The number of ether oxygens (including phenoxy) is 5. The minimum Gasteiger partial charge on any atom is -0.394 e. The topological polar surface area (TPSA) is 95.5 Å². The van der Waals surface area contributed by atoms with E-state index in [-0.39, 0.29) is 12.5 Å². The van der Waals surface area contributed by atoms with E-state index in [1.807, 2.05) is 13.8 Å². The van der Waals surface area contributed by atoms with Gasteiger partial charge in [0.25, 0.3) is 0 Å². The quantitative estimate of drug-likeness (QED) is 0.356. The molecule has 8 nitrogen and oxygen atoms in total. The van der Waals surface area contributed by atoms with Crippen LogP contribution >= 0.6 is 0 Å². The summed E-state index contributed by atoms with van der Waals surface area (Å²) >= 11 is 0. The largest absolute Gasteiger partial charge is 0.394 e. The summed E-state index contributed by atoms with van der Waals surface area (Å²) in [6.07, 6.45) is 0. The van der Waals surface area contributed by atoms with Crippen molar-refractivity contribution in [3.8, 4) is 0 Å². The van der Waals surface area contributed by atoms with Crippen LogP contribution in [0.1, 0.15) is 20.8 Å². The summed E-state index contributed by atoms with van der Waals surface area (Å²) in [7, 11) is 0. The van der Waals surface area contributed by atoms with Gasteiger partial charge in [-0.2, -0.15) is 0 Å². The highest BCUT2D eigenvalue weighted by Crippen LogP contribution is 2.06. The lowest BCUT2D eigenvalue weighted by molar-refractivity contribution is -0.121. The van der Waals surface area contributed by atoms with Crippen molar-refractivity contribution in [2.75, 3.05) is 72.6 Å². The van der Waals surface area contributed by atoms with E-state index in [1.54, 1.807) is 0 Å². The van der Waals surface area contributed by atoms with E-state index in [1.165, 1.54) is 6.92 Å². The van der Waals surface area contributed by atoms with E-state index in [9.17, 15) is 4.79 Å². The van der Waals surface area contributed by atoms with Gasteiger partial charge in [0.1, 0.15) is 0 Å². The summed E-state index contributed by atoms with van der Waals surface area (Å²) < 4.78 is 26.7. The Balaban J connectivity index is 3.23. The fraction of sp³-hybridized carbons (Fsp3) is 0.938. The van der Waals surface area contributed by atoms with E-state index >= 15 is 0 Å². The fourth-order valence-electron chi connectivity index (χ4n) is 1.59. The molecule has 0 heterocycles. The van der Waals surface area contributed by atoms with Crippen LogP contribution in [0.25, 0.3) is 0 Å². The van der Waals surface area contributed by atoms with Crippen molar-refractivity contribution < 1.29 is 33.6 Å². The number of carbonyl (C=O) groups excluding carboxylic acids is 1. The molecule has 8 heteroatoms. The number of amides is 1. The lowest BCUT2D eigenvalue weighted by Gasteiger charge is -2.25. The van der Waals surface area contributed by atoms with E-state index in [4.69, 9.17) is 28.8 Å². The third-order valence-electron chi connectivity index (χ3n) is 2.84. The summed E-state index contributed by atoms with van der Waals surface area (Å²) in [5, 5.41) is 11.2. The first-order chi connectivity index (χ1) is 11.5. The Bertz CT molecular complexity index is 300. The van der Waals surface area contributed by atoms with Crippen molar-refractivity contribution in [3.05, 3.63) is 0 Å². The number of hydrogen-bond acceptors (Lipinski definition) is 7. The Hall–Kier alpha value is -0.770. The summed E-state index contributed by atoms with van der Waals surface area (Å²) in [4.78, 5) is 10.9. The van der Waals surface area contributed by atoms with Crippen LogP contribution in [0.5, 0.6) is 0 Å². The van der Waals surface area contributed by atoms with Gasteiger partial charge in [0.05, 0.1) is 71.7 Å². The SMILES string of the molecule is CC(=O)NCC(C)(C)OCCOCCOCCOCCOCCO. The van der Waals surface area contributed by atoms with Crippen LogP contribution in [0, 0.1) is 0 Å². The van der Waals surface area contributed by atoms with Gasteiger partial charge in [0, 0.05) is 13.5 Å². The zero-order valence-electron chi connectivity index (χ0n) is 15.2. The molecule has 0 aromatic heterocycles. The molecule has 0 radical (unpaired) electrons. The molecule has 0 unspecified atom stereocenters. The molecule has 0 aromatic carbocycles. The smallest absolute Gasteiger partial charge is 0.216 e. The lowest BCUT2D eigenvalue weighted by Crippen LogP contribution is -2.40. The third kappa shape index (κ3) is 17.6. The normalized spacial score (nSPS) is 11.7. The number of aliphatic hydroxyl groups excluding tert-OH is 1. The Morgan fingerprint density at radius 3 is 1.67 bits per heavy atom. The van der Waals surface area contributed by atoms with Gasteiger partial charge >= 0.3 is 0 Å². The first kappa shape index (κ1) is 23.2. The van der Waals surface area contributed by atoms with Crippen molar-refractivity contribution in [1.82, 2.24) is 5.32 Å². The number of rotatable bonds is 17. The van der Waals surface area contributed by atoms with Gasteiger partial charge in [-0.1, -0.05) is 0 Å². The Labute approximate surface area is 144 Å². The van der Waals surface area contributed by atoms with Gasteiger partial charge in [0.2, 0.25) is 5.91 Å². The number of carbonyl (C=O) groups is 1. The third-order valence-corrected chi connectivity index (χ3v) is 2.84. The Morgan fingerprint density at radius 2 is 1.25 bits per heavy atom. The molecule has 0 atom stereocenters. The molecule has 2 N–H and O–H groups in total. The summed E-state index contributed by atoms with van der Waals surface area (Å²) in [5.41, 5.74) is -0.413. The average molecular weight is 351 g/mol. The van der Waals surface area contributed by atoms with E-state index in [0.29, 0.717) is 66.0 Å². The average Bonchev–Trinajstić information content (AvgIpc) is 2.53. The van der Waals surface area contributed by atoms with Crippen molar-refractivity contribution >= 4 is 5.91 Å². The van der Waals surface area contributed by atoms with Gasteiger partial charge in [-0.15, -0.1) is 0 Å². The fourth-order valence-corrected chi connectivity index (χ4v) is 1.59. The molecule has 144 valence electrons. The molecule has 24 heavy (non-hydrogen) atoms. The molecule has 0 saturated heterocycles. The molecular weight excluding hydrogens is 318 g/mol. The predicted octanol–water partition coefficient (Wildman–Crippen LogP) is -0.0236. The van der Waals surface area contributed by atoms with Crippen LogP contribution in [-0.4, -0.2) is 89.2 Å². The first-order valence-electron chi connectivity index (χ1n) is 8.28. The van der Waals surface area contributed by atoms with E-state index in [2.05, 4.69) is 5.32 Å². The molecule has 0 aliphatic heterocycles. The highest BCUT2D eigenvalue weighted by Gasteiger charge is 2.18. The van der Waals surface area contributed by atoms with Crippen molar-refractivity contribution in [1.29, 1.82) is 0 Å². The Kier molecular flexibility index (Phi) is 15.2. The van der Waals surface area contributed by atoms with Crippen LogP contribution in [0.4, 0.5) is 0 Å². The lowest BCUT2D eigenvalue weighted by atomic mass is 10.1. The second-order valence-corrected chi connectivity index (χ2v) is 5.69. The van der Waals surface area contributed by atoms with Gasteiger partial charge in [0.15, 0.2) is 0 Å². The van der Waals surface area contributed by atoms with Gasteiger partial charge in [-0.3, -0.25) is 4.79 Å². The van der Waals surface area contributed by atoms with Crippen LogP contribution in [0.3, 0.4) is 0 Å². The maximum absolute atomic E-state index is 10.9. The monoisotopic (exact) mass is 351 g/mol. The van der Waals surface area contributed by atoms with Crippen LogP contribution in [0.2, 0.25) is 0 Å². The van der Waals surface area contributed by atoms with E-state index in [0.717, 1.165) is 0 Å². The summed E-state index contributed by atoms with van der Waals surface area (Å²) in [6.45, 7) is 10.1. The highest BCUT2D eigenvalue weighted by atomic mass is 16.6. The minimum absolute atomic E-state index is 0.0287. The Morgan fingerprint density at radius 1 is 0.833 bits per heavy atom. The van der Waals surface area contributed by atoms with Gasteiger partial charge < -0.3 is 34.1 Å². The standard InChI is InChI=1S/C16H33NO7/c1-15(19)17-14-16(2,3)24-13-12-23-11-10-22-9-8-21-7-6-20-5-4-18/h18H,4-14H2,1-3H3,(H,17,19). The number of aliphatic hydroxyl groups is 1. The number of hydrogen-bond donors (Lipinski definition) is 2. The molecule has 0 aliphatic rings. The number of nitrogens with one attached hydrogen (secondary N) is 1. The van der Waals surface area contributed by atoms with Crippen molar-refractivity contribution in [2.24, 2.45) is 0 Å².